The molecule has 1 aliphatic rings. The summed E-state index contributed by atoms with van der Waals surface area (Å²) in [5, 5.41) is 9.20. The lowest BCUT2D eigenvalue weighted by molar-refractivity contribution is -0.127. The van der Waals surface area contributed by atoms with Crippen molar-refractivity contribution in [2.24, 2.45) is 11.8 Å². The number of hydrogen-bond acceptors (Lipinski definition) is 3. The molecule has 1 aliphatic carbocycles. The summed E-state index contributed by atoms with van der Waals surface area (Å²) in [6.45, 7) is 1.54. The molecular weight excluding hydrogens is 376 g/mol. The molecule has 0 aliphatic heterocycles. The molecule has 0 spiro atoms. The summed E-state index contributed by atoms with van der Waals surface area (Å²) in [5.41, 5.74) is 2.70. The van der Waals surface area contributed by atoms with Crippen molar-refractivity contribution in [2.75, 3.05) is 0 Å². The van der Waals surface area contributed by atoms with Gasteiger partial charge in [0.15, 0.2) is 5.78 Å². The summed E-state index contributed by atoms with van der Waals surface area (Å²) >= 11 is 0. The van der Waals surface area contributed by atoms with E-state index in [-0.39, 0.29) is 29.0 Å². The molecule has 0 heterocycles. The number of carboxylic acid groups (broad SMARTS) is 1. The second kappa shape index (κ2) is 8.07. The maximum atomic E-state index is 13.4. The van der Waals surface area contributed by atoms with Gasteiger partial charge < -0.3 is 5.11 Å². The van der Waals surface area contributed by atoms with E-state index in [2.05, 4.69) is 0 Å². The Morgan fingerprint density at radius 3 is 1.67 bits per heavy atom. The zero-order chi connectivity index (χ0) is 21.3. The van der Waals surface area contributed by atoms with Gasteiger partial charge in [0.2, 0.25) is 0 Å². The highest BCUT2D eigenvalue weighted by Crippen LogP contribution is 2.59. The molecular formula is C26H22O4. The monoisotopic (exact) mass is 398 g/mol. The van der Waals surface area contributed by atoms with Gasteiger partial charge in [-0.15, -0.1) is 0 Å². The van der Waals surface area contributed by atoms with Crippen LogP contribution in [-0.2, 0) is 4.79 Å². The normalized spacial score (nSPS) is 22.7. The van der Waals surface area contributed by atoms with Crippen LogP contribution in [0.4, 0.5) is 0 Å². The topological polar surface area (TPSA) is 71.4 Å². The summed E-state index contributed by atoms with van der Waals surface area (Å²) in [6.07, 6.45) is 0. The molecule has 3 aromatic carbocycles. The van der Waals surface area contributed by atoms with Gasteiger partial charge in [-0.3, -0.25) is 9.59 Å². The lowest BCUT2D eigenvalue weighted by Gasteiger charge is -2.51. The average Bonchev–Trinajstić information content (AvgIpc) is 2.74. The molecule has 4 nitrogen and oxygen atoms in total. The molecule has 0 aromatic heterocycles. The van der Waals surface area contributed by atoms with Crippen LogP contribution < -0.4 is 0 Å². The number of Topliss-reactive ketones (excluding diaryl/α,β-unsaturated/α-hetero) is 2. The molecule has 150 valence electrons. The fourth-order valence-corrected chi connectivity index (χ4v) is 4.73. The predicted molar refractivity (Wildman–Crippen MR) is 114 cm³/mol. The first-order valence-corrected chi connectivity index (χ1v) is 9.97. The Balaban J connectivity index is 1.79. The second-order valence-corrected chi connectivity index (χ2v) is 7.78. The van der Waals surface area contributed by atoms with Crippen molar-refractivity contribution in [3.8, 4) is 0 Å². The molecule has 30 heavy (non-hydrogen) atoms. The third-order valence-corrected chi connectivity index (χ3v) is 6.11. The average molecular weight is 398 g/mol. The number of carbonyl (C=O) groups excluding carboxylic acids is 2. The SMILES string of the molecule is CC(=O)[C@H]1[C@@H](C(=O)c2ccccc2)[C@H](c2ccccc2)[C@@H]1c1ccc(C(=O)O)cc1. The smallest absolute Gasteiger partial charge is 0.335 e. The minimum atomic E-state index is -0.991. The van der Waals surface area contributed by atoms with E-state index in [0.717, 1.165) is 11.1 Å². The van der Waals surface area contributed by atoms with Gasteiger partial charge in [-0.1, -0.05) is 72.8 Å². The van der Waals surface area contributed by atoms with Gasteiger partial charge >= 0.3 is 5.97 Å². The van der Waals surface area contributed by atoms with Crippen LogP contribution in [0.15, 0.2) is 84.9 Å². The van der Waals surface area contributed by atoms with E-state index in [1.54, 1.807) is 36.4 Å². The summed E-state index contributed by atoms with van der Waals surface area (Å²) in [4.78, 5) is 37.3. The first-order valence-electron chi connectivity index (χ1n) is 9.97. The minimum Gasteiger partial charge on any atom is -0.478 e. The predicted octanol–water partition coefficient (Wildman–Crippen LogP) is 4.97. The Bertz CT molecular complexity index is 1070. The van der Waals surface area contributed by atoms with E-state index in [9.17, 15) is 19.5 Å². The van der Waals surface area contributed by atoms with Gasteiger partial charge in [-0.05, 0) is 30.2 Å². The van der Waals surface area contributed by atoms with Crippen LogP contribution in [-0.4, -0.2) is 22.6 Å². The second-order valence-electron chi connectivity index (χ2n) is 7.78. The molecule has 0 radical (unpaired) electrons. The van der Waals surface area contributed by atoms with E-state index in [4.69, 9.17) is 0 Å². The van der Waals surface area contributed by atoms with Gasteiger partial charge in [-0.2, -0.15) is 0 Å². The molecule has 0 bridgehead atoms. The lowest BCUT2D eigenvalue weighted by atomic mass is 9.50. The maximum Gasteiger partial charge on any atom is 0.335 e. The number of aromatic carboxylic acids is 1. The number of benzene rings is 3. The highest BCUT2D eigenvalue weighted by molar-refractivity contribution is 6.03. The standard InChI is InChI=1S/C26H22O4/c1-16(27)21-22(18-12-14-20(15-13-18)26(29)30)23(17-8-4-2-5-9-17)24(21)25(28)19-10-6-3-7-11-19/h2-15,21-24H,1H3,(H,29,30)/t21-,22-,23-,24-/m1/s1. The van der Waals surface area contributed by atoms with E-state index in [0.29, 0.717) is 5.56 Å². The molecule has 0 saturated heterocycles. The van der Waals surface area contributed by atoms with Crippen molar-refractivity contribution in [1.29, 1.82) is 0 Å². The number of ketones is 2. The fourth-order valence-electron chi connectivity index (χ4n) is 4.73. The number of rotatable bonds is 6. The van der Waals surface area contributed by atoms with Crippen LogP contribution in [0.25, 0.3) is 0 Å². The Morgan fingerprint density at radius 2 is 1.13 bits per heavy atom. The minimum absolute atomic E-state index is 0.0243. The van der Waals surface area contributed by atoms with Crippen molar-refractivity contribution < 1.29 is 19.5 Å². The number of hydrogen-bond donors (Lipinski definition) is 1. The first kappa shape index (κ1) is 19.8. The Kier molecular flexibility index (Phi) is 5.32. The molecule has 4 heteroatoms. The van der Waals surface area contributed by atoms with E-state index in [1.807, 2.05) is 48.5 Å². The highest BCUT2D eigenvalue weighted by atomic mass is 16.4. The molecule has 4 rings (SSSR count). The molecule has 0 unspecified atom stereocenters. The van der Waals surface area contributed by atoms with Crippen LogP contribution in [0.5, 0.6) is 0 Å². The van der Waals surface area contributed by atoms with Gasteiger partial charge in [0.05, 0.1) is 5.56 Å². The summed E-state index contributed by atoms with van der Waals surface area (Å²) in [6, 6.07) is 25.5. The van der Waals surface area contributed by atoms with Crippen LogP contribution >= 0.6 is 0 Å². The van der Waals surface area contributed by atoms with E-state index >= 15 is 0 Å². The van der Waals surface area contributed by atoms with Crippen LogP contribution in [0.1, 0.15) is 50.6 Å². The zero-order valence-electron chi connectivity index (χ0n) is 16.6. The lowest BCUT2D eigenvalue weighted by Crippen LogP contribution is -2.50. The summed E-state index contributed by atoms with van der Waals surface area (Å²) in [7, 11) is 0. The van der Waals surface area contributed by atoms with Crippen LogP contribution in [0.2, 0.25) is 0 Å². The Morgan fingerprint density at radius 1 is 0.633 bits per heavy atom. The van der Waals surface area contributed by atoms with Gasteiger partial charge in [0.25, 0.3) is 0 Å². The number of carbonyl (C=O) groups is 3. The Labute approximate surface area is 175 Å². The molecule has 1 fully saturated rings. The number of carboxylic acids is 1. The van der Waals surface area contributed by atoms with Crippen LogP contribution in [0, 0.1) is 11.8 Å². The zero-order valence-corrected chi connectivity index (χ0v) is 16.6. The Hall–Kier alpha value is -3.53. The van der Waals surface area contributed by atoms with Crippen molar-refractivity contribution in [3.63, 3.8) is 0 Å². The van der Waals surface area contributed by atoms with Crippen molar-refractivity contribution >= 4 is 17.5 Å². The van der Waals surface area contributed by atoms with Gasteiger partial charge in [0.1, 0.15) is 5.78 Å². The summed E-state index contributed by atoms with van der Waals surface area (Å²) in [5.74, 6) is -2.26. The molecule has 1 N–H and O–H groups in total. The third-order valence-electron chi connectivity index (χ3n) is 6.11. The molecule has 4 atom stereocenters. The van der Waals surface area contributed by atoms with Crippen molar-refractivity contribution in [3.05, 3.63) is 107 Å². The summed E-state index contributed by atoms with van der Waals surface area (Å²) < 4.78 is 0. The quantitative estimate of drug-likeness (QED) is 0.595. The van der Waals surface area contributed by atoms with Crippen molar-refractivity contribution in [1.82, 2.24) is 0 Å². The largest absolute Gasteiger partial charge is 0.478 e. The van der Waals surface area contributed by atoms with Crippen molar-refractivity contribution in [2.45, 2.75) is 18.8 Å². The van der Waals surface area contributed by atoms with E-state index < -0.39 is 17.8 Å². The fraction of sp³-hybridized carbons (Fsp3) is 0.192. The van der Waals surface area contributed by atoms with Gasteiger partial charge in [0, 0.05) is 29.2 Å². The van der Waals surface area contributed by atoms with E-state index in [1.165, 1.54) is 6.92 Å². The maximum absolute atomic E-state index is 13.4. The first-order chi connectivity index (χ1) is 14.5. The molecule has 1 saturated carbocycles. The van der Waals surface area contributed by atoms with Crippen LogP contribution in [0.3, 0.4) is 0 Å². The van der Waals surface area contributed by atoms with Gasteiger partial charge in [-0.25, -0.2) is 4.79 Å². The third kappa shape index (κ3) is 3.45. The molecule has 0 amide bonds. The highest BCUT2D eigenvalue weighted by Gasteiger charge is 2.56. The molecule has 3 aromatic rings.